The van der Waals surface area contributed by atoms with Gasteiger partial charge in [-0.3, -0.25) is 4.79 Å². The molecule has 0 aliphatic heterocycles. The van der Waals surface area contributed by atoms with Gasteiger partial charge < -0.3 is 8.74 Å². The van der Waals surface area contributed by atoms with Crippen molar-refractivity contribution in [2.45, 2.75) is 84.0 Å². The van der Waals surface area contributed by atoms with E-state index in [-0.39, 0.29) is 36.0 Å². The first-order chi connectivity index (χ1) is 10.5. The number of rotatable bonds is 14. The summed E-state index contributed by atoms with van der Waals surface area (Å²) in [5.74, 6) is -0.957. The summed E-state index contributed by atoms with van der Waals surface area (Å²) >= 11 is 0. The topological polar surface area (TPSA) is 83.5 Å². The minimum atomic E-state index is -4.90. The van der Waals surface area contributed by atoms with Crippen LogP contribution in [-0.2, 0) is 19.4 Å². The van der Waals surface area contributed by atoms with E-state index in [0.717, 1.165) is 32.1 Å². The molecular weight excluding hydrogens is 327 g/mol. The van der Waals surface area contributed by atoms with Crippen LogP contribution < -0.4 is 29.6 Å². The van der Waals surface area contributed by atoms with Crippen molar-refractivity contribution in [3.8, 4) is 0 Å². The van der Waals surface area contributed by atoms with Crippen LogP contribution >= 0.6 is 0 Å². The van der Waals surface area contributed by atoms with Crippen molar-refractivity contribution < 1.29 is 51.5 Å². The van der Waals surface area contributed by atoms with Gasteiger partial charge in [0.1, 0.15) is 0 Å². The molecule has 0 heterocycles. The van der Waals surface area contributed by atoms with Crippen molar-refractivity contribution in [3.63, 3.8) is 0 Å². The van der Waals surface area contributed by atoms with Gasteiger partial charge >= 0.3 is 35.5 Å². The molecule has 0 N–H and O–H groups in total. The molecule has 0 aliphatic rings. The van der Waals surface area contributed by atoms with Crippen molar-refractivity contribution in [2.75, 3.05) is 0 Å². The first kappa shape index (κ1) is 25.4. The second-order valence-electron chi connectivity index (χ2n) is 5.49. The normalized spacial score (nSPS) is 11.4. The van der Waals surface area contributed by atoms with Gasteiger partial charge in [-0.05, 0) is 32.1 Å². The fourth-order valence-electron chi connectivity index (χ4n) is 2.14. The zero-order chi connectivity index (χ0) is 16.7. The van der Waals surface area contributed by atoms with Crippen LogP contribution in [-0.4, -0.2) is 18.9 Å². The van der Waals surface area contributed by atoms with Gasteiger partial charge in [-0.25, -0.2) is 8.42 Å². The van der Waals surface area contributed by atoms with E-state index in [9.17, 15) is 17.8 Å². The molecule has 5 nitrogen and oxygen atoms in total. The Kier molecular flexibility index (Phi) is 18.7. The molecule has 0 aromatic rings. The Hall–Kier alpha value is 0.120. The van der Waals surface area contributed by atoms with E-state index in [1.165, 1.54) is 32.1 Å². The first-order valence-electron chi connectivity index (χ1n) is 8.29. The molecule has 0 saturated carbocycles. The molecular formula is C16H29NaO5S. The van der Waals surface area contributed by atoms with Crippen LogP contribution in [0.3, 0.4) is 0 Å². The third kappa shape index (κ3) is 22.1. The molecule has 0 atom stereocenters. The Balaban J connectivity index is 0. The summed E-state index contributed by atoms with van der Waals surface area (Å²) in [4.78, 5) is 10.9. The van der Waals surface area contributed by atoms with Gasteiger partial charge in [0.05, 0.1) is 0 Å². The van der Waals surface area contributed by atoms with Crippen LogP contribution in [0.15, 0.2) is 12.2 Å². The number of carbonyl (C=O) groups excluding carboxylic acids is 1. The quantitative estimate of drug-likeness (QED) is 0.154. The van der Waals surface area contributed by atoms with Gasteiger partial charge in [-0.15, -0.1) is 0 Å². The SMILES string of the molecule is CCCCCCC=CCCCCCCCC(=O)OS(=O)(=O)[O-].[Na+]. The molecule has 0 rings (SSSR count). The Bertz CT molecular complexity index is 407. The molecule has 0 aromatic carbocycles. The molecule has 130 valence electrons. The predicted molar refractivity (Wildman–Crippen MR) is 86.0 cm³/mol. The smallest absolute Gasteiger partial charge is 0.716 e. The Morgan fingerprint density at radius 1 is 0.913 bits per heavy atom. The molecule has 7 heteroatoms. The molecule has 0 bridgehead atoms. The van der Waals surface area contributed by atoms with Crippen LogP contribution in [0.4, 0.5) is 0 Å². The summed E-state index contributed by atoms with van der Waals surface area (Å²) in [7, 11) is -4.90. The zero-order valence-electron chi connectivity index (χ0n) is 14.6. The fourth-order valence-corrected chi connectivity index (χ4v) is 2.45. The summed E-state index contributed by atoms with van der Waals surface area (Å²) in [6, 6.07) is 0. The van der Waals surface area contributed by atoms with E-state index in [1.54, 1.807) is 0 Å². The van der Waals surface area contributed by atoms with Crippen LogP contribution in [0.2, 0.25) is 0 Å². The number of unbranched alkanes of at least 4 members (excludes halogenated alkanes) is 9. The summed E-state index contributed by atoms with van der Waals surface area (Å²) in [5, 5.41) is 0. The second kappa shape index (κ2) is 17.0. The third-order valence-electron chi connectivity index (χ3n) is 3.34. The van der Waals surface area contributed by atoms with Gasteiger partial charge in [0.25, 0.3) is 10.4 Å². The van der Waals surface area contributed by atoms with Crippen molar-refractivity contribution in [2.24, 2.45) is 0 Å². The van der Waals surface area contributed by atoms with E-state index in [4.69, 9.17) is 0 Å². The van der Waals surface area contributed by atoms with E-state index in [1.807, 2.05) is 0 Å². The molecule has 0 aliphatic carbocycles. The van der Waals surface area contributed by atoms with Crippen molar-refractivity contribution in [1.29, 1.82) is 0 Å². The van der Waals surface area contributed by atoms with Crippen molar-refractivity contribution in [1.82, 2.24) is 0 Å². The van der Waals surface area contributed by atoms with Crippen molar-refractivity contribution >= 4 is 16.4 Å². The zero-order valence-corrected chi connectivity index (χ0v) is 17.4. The van der Waals surface area contributed by atoms with E-state index in [2.05, 4.69) is 23.3 Å². The number of carbonyl (C=O) groups is 1. The summed E-state index contributed by atoms with van der Waals surface area (Å²) in [6.07, 6.45) is 16.6. The van der Waals surface area contributed by atoms with Gasteiger partial charge in [0.15, 0.2) is 0 Å². The summed E-state index contributed by atoms with van der Waals surface area (Å²) in [5.41, 5.74) is 0. The maximum atomic E-state index is 10.9. The van der Waals surface area contributed by atoms with E-state index < -0.39 is 16.4 Å². The molecule has 0 amide bonds. The van der Waals surface area contributed by atoms with Crippen LogP contribution in [0.25, 0.3) is 0 Å². The Labute approximate surface area is 163 Å². The number of hydrogen-bond donors (Lipinski definition) is 0. The van der Waals surface area contributed by atoms with Gasteiger partial charge in [0, 0.05) is 6.42 Å². The number of allylic oxidation sites excluding steroid dienone is 2. The maximum absolute atomic E-state index is 10.9. The first-order valence-corrected chi connectivity index (χ1v) is 9.62. The Morgan fingerprint density at radius 3 is 1.91 bits per heavy atom. The standard InChI is InChI=1S/C16H30O5S.Na/c1-2-3-4-5-6-7-8-9-10-11-12-13-14-15-16(17)21-22(18,19)20;/h7-8H,2-6,9-15H2,1H3,(H,18,19,20);/q;+1/p-1. The van der Waals surface area contributed by atoms with Gasteiger partial charge in [-0.2, -0.15) is 0 Å². The van der Waals surface area contributed by atoms with E-state index >= 15 is 0 Å². The molecule has 0 radical (unpaired) electrons. The Morgan fingerprint density at radius 2 is 1.39 bits per heavy atom. The van der Waals surface area contributed by atoms with Crippen LogP contribution in [0.1, 0.15) is 84.0 Å². The fraction of sp³-hybridized carbons (Fsp3) is 0.812. The van der Waals surface area contributed by atoms with Gasteiger partial charge in [0.2, 0.25) is 0 Å². The second-order valence-corrected chi connectivity index (χ2v) is 6.47. The molecule has 0 saturated heterocycles. The molecule has 23 heavy (non-hydrogen) atoms. The maximum Gasteiger partial charge on any atom is 1.00 e. The van der Waals surface area contributed by atoms with Gasteiger partial charge in [-0.1, -0.05) is 57.6 Å². The molecule has 0 aromatic heterocycles. The molecule has 0 unspecified atom stereocenters. The van der Waals surface area contributed by atoms with E-state index in [0.29, 0.717) is 6.42 Å². The number of hydrogen-bond acceptors (Lipinski definition) is 5. The van der Waals surface area contributed by atoms with Crippen molar-refractivity contribution in [3.05, 3.63) is 12.2 Å². The predicted octanol–water partition coefficient (Wildman–Crippen LogP) is 1.25. The molecule has 0 fully saturated rings. The minimum Gasteiger partial charge on any atom is -0.716 e. The monoisotopic (exact) mass is 356 g/mol. The average Bonchev–Trinajstić information content (AvgIpc) is 2.42. The van der Waals surface area contributed by atoms with Crippen LogP contribution in [0, 0.1) is 0 Å². The summed E-state index contributed by atoms with van der Waals surface area (Å²) in [6.45, 7) is 2.21. The molecule has 0 spiro atoms. The van der Waals surface area contributed by atoms with Crippen LogP contribution in [0.5, 0.6) is 0 Å². The largest absolute Gasteiger partial charge is 1.00 e. The summed E-state index contributed by atoms with van der Waals surface area (Å²) < 4.78 is 34.2. The minimum absolute atomic E-state index is 0. The third-order valence-corrected chi connectivity index (χ3v) is 3.73. The average molecular weight is 356 g/mol.